The summed E-state index contributed by atoms with van der Waals surface area (Å²) in [5.41, 5.74) is 8.97. The van der Waals surface area contributed by atoms with Gasteiger partial charge in [-0.3, -0.25) is 9.97 Å². The third-order valence-corrected chi connectivity index (χ3v) is 2.16. The SMILES string of the molecule is Cc1c(N)cc(C#N)c2nccnc12. The largest absolute Gasteiger partial charge is 0.398 e. The summed E-state index contributed by atoms with van der Waals surface area (Å²) in [5, 5.41) is 8.88. The fourth-order valence-electron chi connectivity index (χ4n) is 1.36. The van der Waals surface area contributed by atoms with Crippen molar-refractivity contribution in [3.63, 3.8) is 0 Å². The van der Waals surface area contributed by atoms with Crippen LogP contribution in [0.2, 0.25) is 0 Å². The summed E-state index contributed by atoms with van der Waals surface area (Å²) in [7, 11) is 0. The predicted molar refractivity (Wildman–Crippen MR) is 53.4 cm³/mol. The van der Waals surface area contributed by atoms with Crippen molar-refractivity contribution in [1.82, 2.24) is 9.97 Å². The highest BCUT2D eigenvalue weighted by molar-refractivity contribution is 5.87. The summed E-state index contributed by atoms with van der Waals surface area (Å²) in [4.78, 5) is 8.27. The van der Waals surface area contributed by atoms with Gasteiger partial charge in [-0.25, -0.2) is 0 Å². The first-order valence-electron chi connectivity index (χ1n) is 4.14. The Labute approximate surface area is 81.0 Å². The van der Waals surface area contributed by atoms with Crippen LogP contribution in [-0.2, 0) is 0 Å². The third kappa shape index (κ3) is 1.07. The number of hydrogen-bond acceptors (Lipinski definition) is 4. The highest BCUT2D eigenvalue weighted by Gasteiger charge is 2.08. The quantitative estimate of drug-likeness (QED) is 0.628. The van der Waals surface area contributed by atoms with Gasteiger partial charge in [0.15, 0.2) is 0 Å². The maximum atomic E-state index is 8.88. The Hall–Kier alpha value is -2.15. The number of nitrogens with zero attached hydrogens (tertiary/aromatic N) is 3. The van der Waals surface area contributed by atoms with Gasteiger partial charge in [0.2, 0.25) is 0 Å². The number of fused-ring (bicyclic) bond motifs is 1. The van der Waals surface area contributed by atoms with Crippen molar-refractivity contribution < 1.29 is 0 Å². The molecule has 14 heavy (non-hydrogen) atoms. The Kier molecular flexibility index (Phi) is 1.79. The third-order valence-electron chi connectivity index (χ3n) is 2.16. The minimum Gasteiger partial charge on any atom is -0.398 e. The fourth-order valence-corrected chi connectivity index (χ4v) is 1.36. The topological polar surface area (TPSA) is 75.6 Å². The number of rotatable bonds is 0. The van der Waals surface area contributed by atoms with Crippen molar-refractivity contribution >= 4 is 16.7 Å². The molecule has 0 saturated carbocycles. The molecule has 4 heteroatoms. The first-order valence-corrected chi connectivity index (χ1v) is 4.14. The lowest BCUT2D eigenvalue weighted by atomic mass is 10.1. The molecule has 0 aliphatic carbocycles. The van der Waals surface area contributed by atoms with Gasteiger partial charge in [0.25, 0.3) is 0 Å². The zero-order valence-corrected chi connectivity index (χ0v) is 7.65. The zero-order chi connectivity index (χ0) is 10.1. The van der Waals surface area contributed by atoms with E-state index < -0.39 is 0 Å². The molecule has 0 spiro atoms. The summed E-state index contributed by atoms with van der Waals surface area (Å²) in [5.74, 6) is 0. The standard InChI is InChI=1S/C10H8N4/c1-6-8(12)4-7(5-11)10-9(6)13-2-3-14-10/h2-4H,12H2,1H3. The Morgan fingerprint density at radius 2 is 1.93 bits per heavy atom. The molecule has 2 aromatic rings. The molecular weight excluding hydrogens is 176 g/mol. The van der Waals surface area contributed by atoms with Crippen LogP contribution < -0.4 is 5.73 Å². The van der Waals surface area contributed by atoms with E-state index in [-0.39, 0.29) is 0 Å². The zero-order valence-electron chi connectivity index (χ0n) is 7.65. The van der Waals surface area contributed by atoms with Crippen molar-refractivity contribution in [2.24, 2.45) is 0 Å². The number of aryl methyl sites for hydroxylation is 1. The van der Waals surface area contributed by atoms with Crippen molar-refractivity contribution in [3.8, 4) is 6.07 Å². The molecule has 2 N–H and O–H groups in total. The van der Waals surface area contributed by atoms with E-state index in [0.717, 1.165) is 5.56 Å². The van der Waals surface area contributed by atoms with E-state index in [4.69, 9.17) is 11.0 Å². The van der Waals surface area contributed by atoms with Crippen LogP contribution in [0.5, 0.6) is 0 Å². The van der Waals surface area contributed by atoms with Crippen molar-refractivity contribution in [2.75, 3.05) is 5.73 Å². The highest BCUT2D eigenvalue weighted by atomic mass is 14.8. The molecule has 0 saturated heterocycles. The molecule has 1 aromatic heterocycles. The van der Waals surface area contributed by atoms with E-state index in [0.29, 0.717) is 22.3 Å². The van der Waals surface area contributed by atoms with E-state index in [9.17, 15) is 0 Å². The molecule has 0 bridgehead atoms. The van der Waals surface area contributed by atoms with E-state index in [2.05, 4.69) is 16.0 Å². The Morgan fingerprint density at radius 1 is 1.29 bits per heavy atom. The minimum atomic E-state index is 0.469. The summed E-state index contributed by atoms with van der Waals surface area (Å²) >= 11 is 0. The maximum absolute atomic E-state index is 8.88. The lowest BCUT2D eigenvalue weighted by molar-refractivity contribution is 1.27. The molecule has 68 valence electrons. The van der Waals surface area contributed by atoms with Gasteiger partial charge in [-0.05, 0) is 18.6 Å². The van der Waals surface area contributed by atoms with Crippen LogP contribution in [-0.4, -0.2) is 9.97 Å². The number of aromatic nitrogens is 2. The Morgan fingerprint density at radius 3 is 2.57 bits per heavy atom. The molecule has 0 amide bonds. The molecule has 0 atom stereocenters. The average molecular weight is 184 g/mol. The van der Waals surface area contributed by atoms with Gasteiger partial charge in [-0.2, -0.15) is 5.26 Å². The normalized spacial score (nSPS) is 10.0. The second-order valence-electron chi connectivity index (χ2n) is 3.00. The lowest BCUT2D eigenvalue weighted by Crippen LogP contribution is -1.96. The van der Waals surface area contributed by atoms with Crippen LogP contribution in [0.1, 0.15) is 11.1 Å². The number of nitrogen functional groups attached to an aromatic ring is 1. The smallest absolute Gasteiger partial charge is 0.107 e. The first kappa shape index (κ1) is 8.45. The number of benzene rings is 1. The average Bonchev–Trinajstić information content (AvgIpc) is 2.23. The van der Waals surface area contributed by atoms with Gasteiger partial charge in [0.05, 0.1) is 11.1 Å². The second-order valence-corrected chi connectivity index (χ2v) is 3.00. The van der Waals surface area contributed by atoms with Crippen molar-refractivity contribution in [3.05, 3.63) is 29.6 Å². The van der Waals surface area contributed by atoms with Gasteiger partial charge < -0.3 is 5.73 Å². The van der Waals surface area contributed by atoms with Crippen LogP contribution in [0, 0.1) is 18.3 Å². The molecule has 1 aromatic carbocycles. The lowest BCUT2D eigenvalue weighted by Gasteiger charge is -2.04. The summed E-state index contributed by atoms with van der Waals surface area (Å²) in [6.07, 6.45) is 3.16. The summed E-state index contributed by atoms with van der Waals surface area (Å²) in [6.45, 7) is 1.87. The van der Waals surface area contributed by atoms with Crippen LogP contribution in [0.3, 0.4) is 0 Å². The summed E-state index contributed by atoms with van der Waals surface area (Å²) < 4.78 is 0. The van der Waals surface area contributed by atoms with Gasteiger partial charge in [0.1, 0.15) is 11.6 Å². The van der Waals surface area contributed by atoms with E-state index in [1.54, 1.807) is 18.5 Å². The van der Waals surface area contributed by atoms with Gasteiger partial charge in [-0.1, -0.05) is 0 Å². The number of nitrogens with two attached hydrogens (primary N) is 1. The highest BCUT2D eigenvalue weighted by Crippen LogP contribution is 2.23. The molecule has 4 nitrogen and oxygen atoms in total. The Bertz CT molecular complexity index is 540. The number of nitriles is 1. The molecule has 0 aliphatic rings. The monoisotopic (exact) mass is 184 g/mol. The second kappa shape index (κ2) is 2.96. The maximum Gasteiger partial charge on any atom is 0.107 e. The van der Waals surface area contributed by atoms with Gasteiger partial charge in [0, 0.05) is 18.1 Å². The minimum absolute atomic E-state index is 0.469. The molecule has 1 heterocycles. The molecule has 0 aliphatic heterocycles. The fraction of sp³-hybridized carbons (Fsp3) is 0.100. The van der Waals surface area contributed by atoms with Crippen LogP contribution in [0.15, 0.2) is 18.5 Å². The van der Waals surface area contributed by atoms with Gasteiger partial charge in [-0.15, -0.1) is 0 Å². The van der Waals surface area contributed by atoms with Crippen molar-refractivity contribution in [2.45, 2.75) is 6.92 Å². The van der Waals surface area contributed by atoms with Gasteiger partial charge >= 0.3 is 0 Å². The molecular formula is C10H8N4. The Balaban J connectivity index is 2.99. The molecule has 0 fully saturated rings. The predicted octanol–water partition coefficient (Wildman–Crippen LogP) is 1.39. The van der Waals surface area contributed by atoms with Crippen LogP contribution >= 0.6 is 0 Å². The van der Waals surface area contributed by atoms with E-state index >= 15 is 0 Å². The van der Waals surface area contributed by atoms with E-state index in [1.807, 2.05) is 6.92 Å². The molecule has 2 rings (SSSR count). The molecule has 0 radical (unpaired) electrons. The van der Waals surface area contributed by atoms with Crippen LogP contribution in [0.4, 0.5) is 5.69 Å². The van der Waals surface area contributed by atoms with E-state index in [1.165, 1.54) is 0 Å². The number of anilines is 1. The first-order chi connectivity index (χ1) is 6.74. The summed E-state index contributed by atoms with van der Waals surface area (Å²) in [6, 6.07) is 3.69. The number of hydrogen-bond donors (Lipinski definition) is 1. The van der Waals surface area contributed by atoms with Crippen molar-refractivity contribution in [1.29, 1.82) is 5.26 Å². The molecule has 0 unspecified atom stereocenters. The van der Waals surface area contributed by atoms with Crippen LogP contribution in [0.25, 0.3) is 11.0 Å².